The Morgan fingerprint density at radius 3 is 1.39 bits per heavy atom. The highest BCUT2D eigenvalue weighted by Crippen LogP contribution is 2.39. The summed E-state index contributed by atoms with van der Waals surface area (Å²) in [6.45, 7) is 0. The van der Waals surface area contributed by atoms with E-state index in [1.165, 1.54) is 20.7 Å². The molecule has 0 spiro atoms. The van der Waals surface area contributed by atoms with Crippen molar-refractivity contribution in [1.82, 2.24) is 14.5 Å². The van der Waals surface area contributed by atoms with Crippen molar-refractivity contribution in [3.8, 4) is 50.6 Å². The first-order chi connectivity index (χ1) is 30.8. The van der Waals surface area contributed by atoms with Gasteiger partial charge < -0.3 is 4.57 Å². The fourth-order valence-corrected chi connectivity index (χ4v) is 14.1. The van der Waals surface area contributed by atoms with Crippen LogP contribution in [-0.2, 0) is 0 Å². The van der Waals surface area contributed by atoms with Gasteiger partial charge in [0.1, 0.15) is 5.52 Å². The average molecular weight is 808 g/mol. The van der Waals surface area contributed by atoms with E-state index in [4.69, 9.17) is 9.97 Å². The van der Waals surface area contributed by atoms with E-state index >= 15 is 0 Å². The molecule has 0 atom stereocenters. The van der Waals surface area contributed by atoms with Crippen LogP contribution in [0, 0.1) is 0 Å². The minimum atomic E-state index is -2.73. The van der Waals surface area contributed by atoms with Crippen LogP contribution in [0.5, 0.6) is 0 Å². The Morgan fingerprint density at radius 2 is 0.758 bits per heavy atom. The molecule has 0 aliphatic carbocycles. The lowest BCUT2D eigenvalue weighted by Gasteiger charge is -2.34. The molecule has 62 heavy (non-hydrogen) atoms. The van der Waals surface area contributed by atoms with Crippen molar-refractivity contribution < 1.29 is 0 Å². The second kappa shape index (κ2) is 15.9. The summed E-state index contributed by atoms with van der Waals surface area (Å²) in [7, 11) is -2.73. The second-order valence-corrected chi connectivity index (χ2v) is 19.5. The number of fused-ring (bicyclic) bond motifs is 3. The van der Waals surface area contributed by atoms with Crippen LogP contribution in [0.15, 0.2) is 249 Å². The number of rotatable bonds is 9. The number of hydrogen-bond donors (Lipinski definition) is 0. The average Bonchev–Trinajstić information content (AvgIpc) is 3.70. The van der Waals surface area contributed by atoms with Crippen LogP contribution >= 0.6 is 0 Å². The van der Waals surface area contributed by atoms with Crippen LogP contribution in [0.1, 0.15) is 0 Å². The first kappa shape index (κ1) is 37.1. The van der Waals surface area contributed by atoms with E-state index in [0.717, 1.165) is 66.7 Å². The topological polar surface area (TPSA) is 30.7 Å². The monoisotopic (exact) mass is 807 g/mol. The zero-order valence-electron chi connectivity index (χ0n) is 34.0. The fourth-order valence-electron chi connectivity index (χ4n) is 9.33. The van der Waals surface area contributed by atoms with Gasteiger partial charge >= 0.3 is 0 Å². The van der Waals surface area contributed by atoms with Crippen molar-refractivity contribution in [2.45, 2.75) is 0 Å². The first-order valence-electron chi connectivity index (χ1n) is 21.2. The molecule has 9 aromatic carbocycles. The third kappa shape index (κ3) is 6.46. The molecular weight excluding hydrogens is 767 g/mol. The Balaban J connectivity index is 1.12. The standard InChI is InChI=1S/C58H41N3Si/c1-6-21-42(22-7-1)43-23-18-26-46(39-43)55-57-56(53-37-16-17-38-54(53)61(57)48-28-8-2-9-29-48)60-58(59-55)47-27-19-24-44(40-47)45-25-20-36-52(41-45)62(49-30-10-3-11-31-49,50-32-12-4-13-33-50)51-34-14-5-15-35-51/h1-41H. The molecule has 0 N–H and O–H groups in total. The zero-order chi connectivity index (χ0) is 41.3. The summed E-state index contributed by atoms with van der Waals surface area (Å²) in [5.74, 6) is 0.688. The molecule has 0 aliphatic rings. The smallest absolute Gasteiger partial charge is 0.179 e. The lowest BCUT2D eigenvalue weighted by atomic mass is 10.0. The van der Waals surface area contributed by atoms with Gasteiger partial charge in [-0.2, -0.15) is 0 Å². The predicted octanol–water partition coefficient (Wildman–Crippen LogP) is 11.6. The van der Waals surface area contributed by atoms with Crippen molar-refractivity contribution in [2.24, 2.45) is 0 Å². The summed E-state index contributed by atoms with van der Waals surface area (Å²) in [6.07, 6.45) is 0. The minimum absolute atomic E-state index is 0.688. The van der Waals surface area contributed by atoms with Crippen molar-refractivity contribution in [3.63, 3.8) is 0 Å². The molecule has 0 bridgehead atoms. The Labute approximate surface area is 362 Å². The number of nitrogens with zero attached hydrogens (tertiary/aromatic N) is 3. The lowest BCUT2D eigenvalue weighted by molar-refractivity contribution is 1.15. The van der Waals surface area contributed by atoms with E-state index in [9.17, 15) is 0 Å². The summed E-state index contributed by atoms with van der Waals surface area (Å²) in [5, 5.41) is 6.47. The van der Waals surface area contributed by atoms with Gasteiger partial charge in [-0.3, -0.25) is 0 Å². The highest BCUT2D eigenvalue weighted by atomic mass is 28.3. The zero-order valence-corrected chi connectivity index (χ0v) is 35.0. The van der Waals surface area contributed by atoms with E-state index in [1.807, 2.05) is 0 Å². The molecule has 0 amide bonds. The van der Waals surface area contributed by atoms with E-state index in [2.05, 4.69) is 253 Å². The molecule has 0 aliphatic heterocycles. The van der Waals surface area contributed by atoms with Gasteiger partial charge in [0.15, 0.2) is 13.9 Å². The van der Waals surface area contributed by atoms with Crippen molar-refractivity contribution in [2.75, 3.05) is 0 Å². The van der Waals surface area contributed by atoms with Crippen LogP contribution in [-0.4, -0.2) is 22.6 Å². The number of aromatic nitrogens is 3. The molecule has 3 nitrogen and oxygen atoms in total. The van der Waals surface area contributed by atoms with Gasteiger partial charge in [0.25, 0.3) is 0 Å². The molecule has 0 unspecified atom stereocenters. The van der Waals surface area contributed by atoms with Gasteiger partial charge in [0, 0.05) is 22.2 Å². The molecular formula is C58H41N3Si. The quantitative estimate of drug-likeness (QED) is 0.107. The maximum atomic E-state index is 5.54. The van der Waals surface area contributed by atoms with Gasteiger partial charge in [-0.15, -0.1) is 0 Å². The van der Waals surface area contributed by atoms with E-state index in [-0.39, 0.29) is 0 Å². The summed E-state index contributed by atoms with van der Waals surface area (Å²) in [4.78, 5) is 11.0. The number of benzene rings is 9. The molecule has 0 saturated heterocycles. The highest BCUT2D eigenvalue weighted by Gasteiger charge is 2.41. The summed E-state index contributed by atoms with van der Waals surface area (Å²) in [5.41, 5.74) is 11.5. The maximum absolute atomic E-state index is 5.54. The largest absolute Gasteiger partial charge is 0.306 e. The summed E-state index contributed by atoms with van der Waals surface area (Å²) < 4.78 is 2.32. The molecule has 0 fully saturated rings. The molecule has 2 heterocycles. The fraction of sp³-hybridized carbons (Fsp3) is 0. The maximum Gasteiger partial charge on any atom is 0.179 e. The second-order valence-electron chi connectivity index (χ2n) is 15.7. The Bertz CT molecular complexity index is 3230. The molecule has 292 valence electrons. The van der Waals surface area contributed by atoms with E-state index in [1.54, 1.807) is 0 Å². The van der Waals surface area contributed by atoms with Crippen molar-refractivity contribution >= 4 is 50.8 Å². The van der Waals surface area contributed by atoms with Crippen LogP contribution < -0.4 is 20.7 Å². The number of hydrogen-bond acceptors (Lipinski definition) is 2. The Morgan fingerprint density at radius 1 is 0.323 bits per heavy atom. The van der Waals surface area contributed by atoms with Crippen LogP contribution in [0.25, 0.3) is 72.5 Å². The Hall–Kier alpha value is -7.92. The summed E-state index contributed by atoms with van der Waals surface area (Å²) in [6, 6.07) is 89.7. The van der Waals surface area contributed by atoms with Crippen LogP contribution in [0.4, 0.5) is 0 Å². The normalized spacial score (nSPS) is 11.5. The third-order valence-electron chi connectivity index (χ3n) is 12.1. The predicted molar refractivity (Wildman–Crippen MR) is 262 cm³/mol. The first-order valence-corrected chi connectivity index (χ1v) is 23.2. The van der Waals surface area contributed by atoms with Gasteiger partial charge in [-0.05, 0) is 73.3 Å². The molecule has 11 rings (SSSR count). The minimum Gasteiger partial charge on any atom is -0.306 e. The number of para-hydroxylation sites is 2. The van der Waals surface area contributed by atoms with E-state index < -0.39 is 8.07 Å². The molecule has 2 aromatic heterocycles. The van der Waals surface area contributed by atoms with Gasteiger partial charge in [0.2, 0.25) is 0 Å². The Kier molecular flexibility index (Phi) is 9.53. The van der Waals surface area contributed by atoms with Crippen LogP contribution in [0.2, 0.25) is 0 Å². The summed E-state index contributed by atoms with van der Waals surface area (Å²) >= 11 is 0. The molecule has 0 saturated carbocycles. The SMILES string of the molecule is c1ccc(-c2cccc(-c3nc(-c4cccc(-c5cccc([Si](c6ccccc6)(c6ccccc6)c6ccccc6)c5)c4)nc4c5ccccc5n(-c5ccccc5)c34)c2)cc1. The third-order valence-corrected chi connectivity index (χ3v) is 16.9. The molecule has 4 heteroatoms. The van der Waals surface area contributed by atoms with Crippen molar-refractivity contribution in [1.29, 1.82) is 0 Å². The van der Waals surface area contributed by atoms with Gasteiger partial charge in [-0.1, -0.05) is 218 Å². The molecule has 11 aromatic rings. The van der Waals surface area contributed by atoms with Crippen LogP contribution in [0.3, 0.4) is 0 Å². The molecule has 0 radical (unpaired) electrons. The highest BCUT2D eigenvalue weighted by molar-refractivity contribution is 7.19. The van der Waals surface area contributed by atoms with Gasteiger partial charge in [-0.25, -0.2) is 9.97 Å². The van der Waals surface area contributed by atoms with Gasteiger partial charge in [0.05, 0.1) is 16.7 Å². The van der Waals surface area contributed by atoms with E-state index in [0.29, 0.717) is 5.82 Å². The van der Waals surface area contributed by atoms with Crippen molar-refractivity contribution in [3.05, 3.63) is 249 Å². The lowest BCUT2D eigenvalue weighted by Crippen LogP contribution is -2.74.